The lowest BCUT2D eigenvalue weighted by molar-refractivity contribution is 0.0953. The molecule has 2 aromatic carbocycles. The van der Waals surface area contributed by atoms with Crippen LogP contribution in [-0.2, 0) is 0 Å². The number of hydrogen-bond donors (Lipinski definition) is 2. The van der Waals surface area contributed by atoms with Crippen molar-refractivity contribution in [1.29, 1.82) is 0 Å². The van der Waals surface area contributed by atoms with Gasteiger partial charge in [0.15, 0.2) is 0 Å². The zero-order chi connectivity index (χ0) is 12.8. The fourth-order valence-electron chi connectivity index (χ4n) is 1.90. The Bertz CT molecular complexity index is 537. The third-order valence-electron chi connectivity index (χ3n) is 2.90. The number of hydrogen-bond acceptors (Lipinski definition) is 2. The number of fused-ring (bicyclic) bond motifs is 1. The van der Waals surface area contributed by atoms with Gasteiger partial charge in [0.1, 0.15) is 0 Å². The molecule has 0 atom stereocenters. The van der Waals surface area contributed by atoms with E-state index in [-0.39, 0.29) is 5.91 Å². The van der Waals surface area contributed by atoms with E-state index in [1.807, 2.05) is 49.5 Å². The van der Waals surface area contributed by atoms with Crippen molar-refractivity contribution in [2.45, 2.75) is 6.42 Å². The Morgan fingerprint density at radius 2 is 1.83 bits per heavy atom. The largest absolute Gasteiger partial charge is 0.352 e. The van der Waals surface area contributed by atoms with E-state index >= 15 is 0 Å². The van der Waals surface area contributed by atoms with Crippen LogP contribution in [0, 0.1) is 0 Å². The maximum atomic E-state index is 11.9. The number of nitrogens with one attached hydrogen (secondary N) is 2. The average molecular weight is 242 g/mol. The third kappa shape index (κ3) is 3.08. The van der Waals surface area contributed by atoms with Gasteiger partial charge >= 0.3 is 0 Å². The van der Waals surface area contributed by atoms with E-state index in [2.05, 4.69) is 10.6 Å². The first-order chi connectivity index (χ1) is 8.81. The van der Waals surface area contributed by atoms with Crippen LogP contribution in [0.3, 0.4) is 0 Å². The molecule has 0 saturated heterocycles. The van der Waals surface area contributed by atoms with Crippen molar-refractivity contribution >= 4 is 16.7 Å². The molecule has 0 aliphatic rings. The highest BCUT2D eigenvalue weighted by molar-refractivity contribution is 5.98. The molecule has 0 aliphatic heterocycles. The first kappa shape index (κ1) is 12.6. The van der Waals surface area contributed by atoms with Crippen LogP contribution in [0.25, 0.3) is 10.8 Å². The molecule has 3 nitrogen and oxygen atoms in total. The number of rotatable bonds is 5. The summed E-state index contributed by atoms with van der Waals surface area (Å²) < 4.78 is 0. The highest BCUT2D eigenvalue weighted by Gasteiger charge is 2.04. The minimum atomic E-state index is -0.00291. The molecule has 18 heavy (non-hydrogen) atoms. The first-order valence-electron chi connectivity index (χ1n) is 6.23. The predicted molar refractivity (Wildman–Crippen MR) is 74.8 cm³/mol. The van der Waals surface area contributed by atoms with Gasteiger partial charge in [0.2, 0.25) is 0 Å². The quantitative estimate of drug-likeness (QED) is 0.789. The molecule has 0 radical (unpaired) electrons. The van der Waals surface area contributed by atoms with Gasteiger partial charge < -0.3 is 10.6 Å². The smallest absolute Gasteiger partial charge is 0.251 e. The number of carbonyl (C=O) groups excluding carboxylic acids is 1. The Kier molecular flexibility index (Phi) is 4.31. The molecule has 0 fully saturated rings. The summed E-state index contributed by atoms with van der Waals surface area (Å²) in [5.74, 6) is -0.00291. The SMILES string of the molecule is CNCCCNC(=O)c1ccc2ccccc2c1. The molecular weight excluding hydrogens is 224 g/mol. The molecule has 2 N–H and O–H groups in total. The van der Waals surface area contributed by atoms with Crippen LogP contribution in [0.5, 0.6) is 0 Å². The molecule has 0 saturated carbocycles. The number of benzene rings is 2. The van der Waals surface area contributed by atoms with Gasteiger partial charge in [0.05, 0.1) is 0 Å². The van der Waals surface area contributed by atoms with E-state index in [1.165, 1.54) is 0 Å². The van der Waals surface area contributed by atoms with Crippen LogP contribution in [0.1, 0.15) is 16.8 Å². The zero-order valence-electron chi connectivity index (χ0n) is 10.6. The van der Waals surface area contributed by atoms with Crippen molar-refractivity contribution in [3.63, 3.8) is 0 Å². The lowest BCUT2D eigenvalue weighted by Gasteiger charge is -2.06. The first-order valence-corrected chi connectivity index (χ1v) is 6.23. The van der Waals surface area contributed by atoms with Crippen LogP contribution in [0.2, 0.25) is 0 Å². The van der Waals surface area contributed by atoms with E-state index < -0.39 is 0 Å². The molecule has 2 aromatic rings. The van der Waals surface area contributed by atoms with Gasteiger partial charge in [-0.1, -0.05) is 30.3 Å². The maximum Gasteiger partial charge on any atom is 0.251 e. The summed E-state index contributed by atoms with van der Waals surface area (Å²) in [5, 5.41) is 8.23. The lowest BCUT2D eigenvalue weighted by atomic mass is 10.1. The van der Waals surface area contributed by atoms with Gasteiger partial charge in [-0.3, -0.25) is 4.79 Å². The van der Waals surface area contributed by atoms with Gasteiger partial charge in [-0.25, -0.2) is 0 Å². The maximum absolute atomic E-state index is 11.9. The molecule has 2 rings (SSSR count). The summed E-state index contributed by atoms with van der Waals surface area (Å²) in [6, 6.07) is 13.8. The molecule has 0 aromatic heterocycles. The highest BCUT2D eigenvalue weighted by atomic mass is 16.1. The molecule has 3 heteroatoms. The van der Waals surface area contributed by atoms with Gasteiger partial charge in [0, 0.05) is 12.1 Å². The normalized spacial score (nSPS) is 10.5. The van der Waals surface area contributed by atoms with Gasteiger partial charge in [0.25, 0.3) is 5.91 Å². The van der Waals surface area contributed by atoms with Crippen LogP contribution in [-0.4, -0.2) is 26.0 Å². The Balaban J connectivity index is 2.04. The van der Waals surface area contributed by atoms with Crippen LogP contribution < -0.4 is 10.6 Å². The molecule has 0 spiro atoms. The van der Waals surface area contributed by atoms with E-state index in [4.69, 9.17) is 0 Å². The monoisotopic (exact) mass is 242 g/mol. The van der Waals surface area contributed by atoms with Crippen molar-refractivity contribution in [1.82, 2.24) is 10.6 Å². The summed E-state index contributed by atoms with van der Waals surface area (Å²) >= 11 is 0. The van der Waals surface area contributed by atoms with E-state index in [9.17, 15) is 4.79 Å². The minimum Gasteiger partial charge on any atom is -0.352 e. The number of amides is 1. The van der Waals surface area contributed by atoms with Crippen LogP contribution in [0.15, 0.2) is 42.5 Å². The van der Waals surface area contributed by atoms with Crippen molar-refractivity contribution in [2.75, 3.05) is 20.1 Å². The summed E-state index contributed by atoms with van der Waals surface area (Å²) in [6.07, 6.45) is 0.940. The standard InChI is InChI=1S/C15H18N2O/c1-16-9-4-10-17-15(18)14-8-7-12-5-2-3-6-13(12)11-14/h2-3,5-8,11,16H,4,9-10H2,1H3,(H,17,18). The van der Waals surface area contributed by atoms with Gasteiger partial charge in [-0.15, -0.1) is 0 Å². The summed E-state index contributed by atoms with van der Waals surface area (Å²) in [5.41, 5.74) is 0.721. The van der Waals surface area contributed by atoms with Gasteiger partial charge in [-0.2, -0.15) is 0 Å². The van der Waals surface area contributed by atoms with Crippen molar-refractivity contribution in [2.24, 2.45) is 0 Å². The molecule has 0 bridgehead atoms. The zero-order valence-corrected chi connectivity index (χ0v) is 10.6. The minimum absolute atomic E-state index is 0.00291. The molecule has 0 aliphatic carbocycles. The predicted octanol–water partition coefficient (Wildman–Crippen LogP) is 2.18. The second-order valence-electron chi connectivity index (χ2n) is 4.27. The Morgan fingerprint density at radius 1 is 1.06 bits per heavy atom. The Morgan fingerprint density at radius 3 is 2.61 bits per heavy atom. The topological polar surface area (TPSA) is 41.1 Å². The molecule has 94 valence electrons. The summed E-state index contributed by atoms with van der Waals surface area (Å²) in [7, 11) is 1.91. The second-order valence-corrected chi connectivity index (χ2v) is 4.27. The van der Waals surface area contributed by atoms with Gasteiger partial charge in [-0.05, 0) is 42.9 Å². The Labute approximate surface area is 107 Å². The Hall–Kier alpha value is -1.87. The average Bonchev–Trinajstić information content (AvgIpc) is 2.43. The van der Waals surface area contributed by atoms with E-state index in [1.54, 1.807) is 0 Å². The molecular formula is C15H18N2O. The molecule has 0 heterocycles. The summed E-state index contributed by atoms with van der Waals surface area (Å²) in [6.45, 7) is 1.62. The molecule has 0 unspecified atom stereocenters. The highest BCUT2D eigenvalue weighted by Crippen LogP contribution is 2.15. The van der Waals surface area contributed by atoms with Crippen molar-refractivity contribution < 1.29 is 4.79 Å². The van der Waals surface area contributed by atoms with E-state index in [0.29, 0.717) is 6.54 Å². The van der Waals surface area contributed by atoms with Crippen molar-refractivity contribution in [3.05, 3.63) is 48.0 Å². The van der Waals surface area contributed by atoms with E-state index in [0.717, 1.165) is 29.3 Å². The fraction of sp³-hybridized carbons (Fsp3) is 0.267. The molecule has 1 amide bonds. The summed E-state index contributed by atoms with van der Waals surface area (Å²) in [4.78, 5) is 11.9. The van der Waals surface area contributed by atoms with Crippen LogP contribution in [0.4, 0.5) is 0 Å². The van der Waals surface area contributed by atoms with Crippen LogP contribution >= 0.6 is 0 Å². The second kappa shape index (κ2) is 6.17. The van der Waals surface area contributed by atoms with Crippen molar-refractivity contribution in [3.8, 4) is 0 Å². The third-order valence-corrected chi connectivity index (χ3v) is 2.90. The number of carbonyl (C=O) groups is 1. The lowest BCUT2D eigenvalue weighted by Crippen LogP contribution is -2.26. The fourth-order valence-corrected chi connectivity index (χ4v) is 1.90.